The number of pyridine rings is 2. The molecule has 4 aromatic rings. The molecular formula is C25H24F3N9O2. The van der Waals surface area contributed by atoms with E-state index < -0.39 is 11.9 Å². The molecule has 2 aliphatic rings. The van der Waals surface area contributed by atoms with Crippen LogP contribution >= 0.6 is 0 Å². The van der Waals surface area contributed by atoms with Crippen LogP contribution in [0.25, 0.3) is 11.2 Å². The van der Waals surface area contributed by atoms with E-state index in [0.717, 1.165) is 23.6 Å². The third kappa shape index (κ3) is 4.48. The average Bonchev–Trinajstić information content (AvgIpc) is 3.44. The Morgan fingerprint density at radius 1 is 1.23 bits per heavy atom. The lowest BCUT2D eigenvalue weighted by Gasteiger charge is -2.50. The van der Waals surface area contributed by atoms with E-state index in [1.165, 1.54) is 23.0 Å². The molecule has 0 bridgehead atoms. The first-order valence-corrected chi connectivity index (χ1v) is 12.3. The molecule has 0 radical (unpaired) electrons. The van der Waals surface area contributed by atoms with E-state index >= 15 is 0 Å². The Labute approximate surface area is 220 Å². The highest BCUT2D eigenvalue weighted by Crippen LogP contribution is 2.55. The maximum Gasteiger partial charge on any atom is 0.433 e. The molecule has 202 valence electrons. The monoisotopic (exact) mass is 539 g/mol. The summed E-state index contributed by atoms with van der Waals surface area (Å²) < 4.78 is 55.7. The van der Waals surface area contributed by atoms with Crippen LogP contribution in [-0.2, 0) is 18.0 Å². The van der Waals surface area contributed by atoms with Crippen LogP contribution in [-0.4, -0.2) is 42.5 Å². The molecule has 1 aliphatic heterocycles. The van der Waals surface area contributed by atoms with E-state index in [1.54, 1.807) is 13.1 Å². The Kier molecular flexibility index (Phi) is 5.83. The van der Waals surface area contributed by atoms with Crippen molar-refractivity contribution in [1.82, 2.24) is 29.3 Å². The van der Waals surface area contributed by atoms with Gasteiger partial charge in [0.1, 0.15) is 34.4 Å². The smallest absolute Gasteiger partial charge is 0.433 e. The molecule has 39 heavy (non-hydrogen) atoms. The summed E-state index contributed by atoms with van der Waals surface area (Å²) in [5.41, 5.74) is 5.62. The standard InChI is InChI=1S/C25H24F3N9O2/c1-36-21-16(12-29)17(39-15-2-5-31-19(30)8-15)13-32-22(21)34-23(36)33-20-9-18(25(26,27)28)37(35-20)14-10-24(11-14)3-6-38-7-4-24/h2,5,8-9,13-14H,3-4,6-7,10-11H2,1H3,(H2,30,31)(H,32,33,34,35). The lowest BCUT2D eigenvalue weighted by atomic mass is 9.61. The normalized spacial score (nSPS) is 17.2. The van der Waals surface area contributed by atoms with Crippen molar-refractivity contribution >= 4 is 28.7 Å². The highest BCUT2D eigenvalue weighted by Gasteiger charge is 2.49. The molecule has 6 rings (SSSR count). The molecule has 4 aromatic heterocycles. The zero-order chi connectivity index (χ0) is 27.4. The number of ether oxygens (including phenoxy) is 2. The fraction of sp³-hybridized carbons (Fsp3) is 0.400. The fourth-order valence-electron chi connectivity index (χ4n) is 5.46. The predicted molar refractivity (Wildman–Crippen MR) is 133 cm³/mol. The predicted octanol–water partition coefficient (Wildman–Crippen LogP) is 4.70. The van der Waals surface area contributed by atoms with E-state index in [1.807, 2.05) is 0 Å². The van der Waals surface area contributed by atoms with E-state index in [0.29, 0.717) is 37.3 Å². The van der Waals surface area contributed by atoms with Crippen LogP contribution in [0.5, 0.6) is 11.5 Å². The number of aromatic nitrogens is 6. The van der Waals surface area contributed by atoms with Crippen LogP contribution in [0.1, 0.15) is 43.0 Å². The molecule has 0 unspecified atom stereocenters. The van der Waals surface area contributed by atoms with Crippen molar-refractivity contribution in [3.63, 3.8) is 0 Å². The highest BCUT2D eigenvalue weighted by atomic mass is 19.4. The summed E-state index contributed by atoms with van der Waals surface area (Å²) in [6.07, 6.45) is 1.22. The molecule has 5 heterocycles. The second kappa shape index (κ2) is 9.12. The minimum absolute atomic E-state index is 0.00380. The van der Waals surface area contributed by atoms with E-state index in [2.05, 4.69) is 31.4 Å². The number of halogens is 3. The summed E-state index contributed by atoms with van der Waals surface area (Å²) in [5.74, 6) is 0.947. The topological polar surface area (TPSA) is 142 Å². The number of alkyl halides is 3. The lowest BCUT2D eigenvalue weighted by molar-refractivity contribution is -0.148. The summed E-state index contributed by atoms with van der Waals surface area (Å²) in [6, 6.07) is 5.83. The number of rotatable bonds is 5. The van der Waals surface area contributed by atoms with Crippen molar-refractivity contribution in [2.45, 2.75) is 37.9 Å². The zero-order valence-corrected chi connectivity index (χ0v) is 20.9. The Morgan fingerprint density at radius 2 is 2.00 bits per heavy atom. The van der Waals surface area contributed by atoms with Crippen LogP contribution in [0.15, 0.2) is 30.6 Å². The molecule has 3 N–H and O–H groups in total. The summed E-state index contributed by atoms with van der Waals surface area (Å²) in [7, 11) is 1.62. The Bertz CT molecular complexity index is 1590. The van der Waals surface area contributed by atoms with E-state index in [-0.39, 0.29) is 46.0 Å². The van der Waals surface area contributed by atoms with Crippen molar-refractivity contribution in [3.8, 4) is 17.6 Å². The minimum atomic E-state index is -4.57. The maximum atomic E-state index is 13.9. The van der Waals surface area contributed by atoms with Crippen LogP contribution in [0.4, 0.5) is 30.8 Å². The van der Waals surface area contributed by atoms with Gasteiger partial charge in [-0.15, -0.1) is 0 Å². The molecule has 11 nitrogen and oxygen atoms in total. The molecule has 0 aromatic carbocycles. The van der Waals surface area contributed by atoms with Gasteiger partial charge in [0.25, 0.3) is 0 Å². The molecule has 1 aliphatic carbocycles. The van der Waals surface area contributed by atoms with Crippen LogP contribution in [0, 0.1) is 16.7 Å². The van der Waals surface area contributed by atoms with Crippen molar-refractivity contribution < 1.29 is 22.6 Å². The molecule has 14 heteroatoms. The fourth-order valence-corrected chi connectivity index (χ4v) is 5.46. The number of nitrogens with zero attached hydrogens (tertiary/aromatic N) is 7. The van der Waals surface area contributed by atoms with Gasteiger partial charge in [0, 0.05) is 38.6 Å². The van der Waals surface area contributed by atoms with Crippen LogP contribution in [0.2, 0.25) is 0 Å². The van der Waals surface area contributed by atoms with Gasteiger partial charge in [0.15, 0.2) is 17.2 Å². The molecule has 0 amide bonds. The minimum Gasteiger partial charge on any atom is -0.454 e. The van der Waals surface area contributed by atoms with Gasteiger partial charge in [-0.3, -0.25) is 4.68 Å². The molecule has 2 fully saturated rings. The number of hydrogen-bond acceptors (Lipinski definition) is 9. The van der Waals surface area contributed by atoms with Gasteiger partial charge in [-0.05, 0) is 37.2 Å². The Hall–Kier alpha value is -4.38. The number of nitrogens with two attached hydrogens (primary N) is 1. The maximum absolute atomic E-state index is 13.9. The summed E-state index contributed by atoms with van der Waals surface area (Å²) in [4.78, 5) is 12.6. The first kappa shape index (κ1) is 24.9. The third-order valence-electron chi connectivity index (χ3n) is 7.46. The number of fused-ring (bicyclic) bond motifs is 1. The summed E-state index contributed by atoms with van der Waals surface area (Å²) >= 11 is 0. The number of nitrogen functional groups attached to an aromatic ring is 1. The highest BCUT2D eigenvalue weighted by molar-refractivity contribution is 5.84. The second-order valence-corrected chi connectivity index (χ2v) is 9.95. The number of aryl methyl sites for hydroxylation is 1. The number of hydrogen-bond donors (Lipinski definition) is 2. The van der Waals surface area contributed by atoms with Gasteiger partial charge >= 0.3 is 6.18 Å². The molecule has 0 atom stereocenters. The van der Waals surface area contributed by atoms with Gasteiger partial charge in [-0.1, -0.05) is 0 Å². The molecular weight excluding hydrogens is 515 g/mol. The quantitative estimate of drug-likeness (QED) is 0.369. The van der Waals surface area contributed by atoms with Crippen LogP contribution in [0.3, 0.4) is 0 Å². The van der Waals surface area contributed by atoms with E-state index in [9.17, 15) is 18.4 Å². The van der Waals surface area contributed by atoms with Gasteiger partial charge in [-0.2, -0.15) is 28.5 Å². The SMILES string of the molecule is Cn1c(Nc2cc(C(F)(F)F)n(C3CC4(CCOCC4)C3)n2)nc2ncc(Oc3ccnc(N)c3)c(C#N)c21. The second-order valence-electron chi connectivity index (χ2n) is 9.95. The first-order chi connectivity index (χ1) is 18.7. The van der Waals surface area contributed by atoms with Gasteiger partial charge in [0.2, 0.25) is 5.95 Å². The molecule has 1 spiro atoms. The lowest BCUT2D eigenvalue weighted by Crippen LogP contribution is -2.43. The third-order valence-corrected chi connectivity index (χ3v) is 7.46. The van der Waals surface area contributed by atoms with Crippen LogP contribution < -0.4 is 15.8 Å². The van der Waals surface area contributed by atoms with Crippen molar-refractivity contribution in [3.05, 3.63) is 41.9 Å². The van der Waals surface area contributed by atoms with Gasteiger partial charge < -0.3 is 25.1 Å². The number of imidazole rings is 1. The Balaban J connectivity index is 1.30. The number of nitrogens with one attached hydrogen (secondary N) is 1. The van der Waals surface area contributed by atoms with E-state index in [4.69, 9.17) is 15.2 Å². The van der Waals surface area contributed by atoms with Crippen molar-refractivity contribution in [1.29, 1.82) is 5.26 Å². The summed E-state index contributed by atoms with van der Waals surface area (Å²) in [5, 5.41) is 17.1. The largest absolute Gasteiger partial charge is 0.454 e. The van der Waals surface area contributed by atoms with Crippen molar-refractivity contribution in [2.75, 3.05) is 24.3 Å². The molecule has 1 saturated heterocycles. The van der Waals surface area contributed by atoms with Gasteiger partial charge in [-0.25, -0.2) is 9.97 Å². The number of nitriles is 1. The van der Waals surface area contributed by atoms with Crippen molar-refractivity contribution in [2.24, 2.45) is 12.5 Å². The molecule has 1 saturated carbocycles. The average molecular weight is 540 g/mol. The van der Waals surface area contributed by atoms with Gasteiger partial charge in [0.05, 0.1) is 12.2 Å². The Morgan fingerprint density at radius 3 is 2.69 bits per heavy atom. The number of anilines is 3. The zero-order valence-electron chi connectivity index (χ0n) is 20.9. The first-order valence-electron chi connectivity index (χ1n) is 12.3. The summed E-state index contributed by atoms with van der Waals surface area (Å²) in [6.45, 7) is 1.28.